The van der Waals surface area contributed by atoms with E-state index in [1.165, 1.54) is 19.2 Å². The normalized spacial score (nSPS) is 11.0. The Labute approximate surface area is 94.1 Å². The Balaban J connectivity index is 2.92. The van der Waals surface area contributed by atoms with E-state index in [0.29, 0.717) is 6.61 Å². The summed E-state index contributed by atoms with van der Waals surface area (Å²) in [6, 6.07) is 6.42. The van der Waals surface area contributed by atoms with Crippen molar-refractivity contribution in [3.63, 3.8) is 0 Å². The van der Waals surface area contributed by atoms with Gasteiger partial charge < -0.3 is 14.6 Å². The molecular weight excluding hydrogens is 208 g/mol. The van der Waals surface area contributed by atoms with E-state index in [-0.39, 0.29) is 11.5 Å². The van der Waals surface area contributed by atoms with E-state index < -0.39 is 5.97 Å². The molecule has 16 heavy (non-hydrogen) atoms. The third-order valence-corrected chi connectivity index (χ3v) is 1.88. The number of methoxy groups -OCH3 is 1. The van der Waals surface area contributed by atoms with Gasteiger partial charge in [-0.25, -0.2) is 4.79 Å². The lowest BCUT2D eigenvalue weighted by Gasteiger charge is -2.06. The van der Waals surface area contributed by atoms with Gasteiger partial charge in [0.2, 0.25) is 5.76 Å². The maximum absolute atomic E-state index is 11.3. The first-order valence-electron chi connectivity index (χ1n) is 4.89. The molecule has 0 spiro atoms. The summed E-state index contributed by atoms with van der Waals surface area (Å²) in [4.78, 5) is 11.3. The maximum atomic E-state index is 11.3. The molecule has 0 fully saturated rings. The van der Waals surface area contributed by atoms with E-state index in [1.807, 2.05) is 0 Å². The highest BCUT2D eigenvalue weighted by molar-refractivity contribution is 5.91. The van der Waals surface area contributed by atoms with Crippen molar-refractivity contribution in [2.75, 3.05) is 13.7 Å². The predicted octanol–water partition coefficient (Wildman–Crippen LogP) is 1.94. The topological polar surface area (TPSA) is 55.8 Å². The van der Waals surface area contributed by atoms with Gasteiger partial charge in [0.15, 0.2) is 0 Å². The number of hydrogen-bond donors (Lipinski definition) is 1. The standard InChI is InChI=1S/C12H14O4/c1-3-16-11(12(14)15-2)8-9-4-6-10(13)7-5-9/h4-8,13H,3H2,1-2H3/b11-8-. The minimum absolute atomic E-state index is 0.149. The zero-order chi connectivity index (χ0) is 12.0. The molecular formula is C12H14O4. The van der Waals surface area contributed by atoms with Crippen molar-refractivity contribution in [3.05, 3.63) is 35.6 Å². The number of phenols is 1. The van der Waals surface area contributed by atoms with Gasteiger partial charge in [0.05, 0.1) is 13.7 Å². The van der Waals surface area contributed by atoms with Crippen molar-refractivity contribution in [2.24, 2.45) is 0 Å². The molecule has 0 aliphatic heterocycles. The molecule has 1 aromatic carbocycles. The Morgan fingerprint density at radius 1 is 1.38 bits per heavy atom. The molecule has 0 aliphatic rings. The number of aromatic hydroxyl groups is 1. The number of rotatable bonds is 4. The molecule has 0 unspecified atom stereocenters. The van der Waals surface area contributed by atoms with Crippen LogP contribution in [0, 0.1) is 0 Å². The smallest absolute Gasteiger partial charge is 0.373 e. The van der Waals surface area contributed by atoms with E-state index in [1.54, 1.807) is 25.1 Å². The van der Waals surface area contributed by atoms with Gasteiger partial charge >= 0.3 is 5.97 Å². The summed E-state index contributed by atoms with van der Waals surface area (Å²) in [5, 5.41) is 9.11. The average Bonchev–Trinajstić information content (AvgIpc) is 2.30. The second-order valence-corrected chi connectivity index (χ2v) is 3.02. The molecule has 4 heteroatoms. The molecule has 0 heterocycles. The number of benzene rings is 1. The van der Waals surface area contributed by atoms with Gasteiger partial charge in [0.1, 0.15) is 5.75 Å². The third-order valence-electron chi connectivity index (χ3n) is 1.88. The molecule has 1 rings (SSSR count). The lowest BCUT2D eigenvalue weighted by atomic mass is 10.2. The molecule has 0 saturated heterocycles. The maximum Gasteiger partial charge on any atom is 0.373 e. The highest BCUT2D eigenvalue weighted by atomic mass is 16.6. The number of esters is 1. The first kappa shape index (κ1) is 12.1. The van der Waals surface area contributed by atoms with Crippen molar-refractivity contribution in [3.8, 4) is 5.75 Å². The largest absolute Gasteiger partial charge is 0.508 e. The van der Waals surface area contributed by atoms with Crippen LogP contribution in [-0.4, -0.2) is 24.8 Å². The van der Waals surface area contributed by atoms with Gasteiger partial charge in [-0.1, -0.05) is 12.1 Å². The molecule has 0 aliphatic carbocycles. The Morgan fingerprint density at radius 3 is 2.50 bits per heavy atom. The van der Waals surface area contributed by atoms with Crippen molar-refractivity contribution in [1.29, 1.82) is 0 Å². The Hall–Kier alpha value is -1.97. The number of phenolic OH excluding ortho intramolecular Hbond substituents is 1. The zero-order valence-corrected chi connectivity index (χ0v) is 9.27. The fraction of sp³-hybridized carbons (Fsp3) is 0.250. The Kier molecular flexibility index (Phi) is 4.39. The molecule has 1 aromatic rings. The number of hydrogen-bond acceptors (Lipinski definition) is 4. The molecule has 0 aromatic heterocycles. The summed E-state index contributed by atoms with van der Waals surface area (Å²) in [6.07, 6.45) is 1.56. The Bertz CT molecular complexity index is 379. The van der Waals surface area contributed by atoms with Gasteiger partial charge in [-0.3, -0.25) is 0 Å². The van der Waals surface area contributed by atoms with Crippen molar-refractivity contribution < 1.29 is 19.4 Å². The molecule has 0 atom stereocenters. The third kappa shape index (κ3) is 3.31. The summed E-state index contributed by atoms with van der Waals surface area (Å²) < 4.78 is 9.73. The molecule has 4 nitrogen and oxygen atoms in total. The van der Waals surface area contributed by atoms with E-state index in [0.717, 1.165) is 5.56 Å². The van der Waals surface area contributed by atoms with Gasteiger partial charge in [-0.05, 0) is 30.7 Å². The second kappa shape index (κ2) is 5.80. The first-order chi connectivity index (χ1) is 7.67. The molecule has 86 valence electrons. The van der Waals surface area contributed by atoms with Gasteiger partial charge in [-0.2, -0.15) is 0 Å². The average molecular weight is 222 g/mol. The highest BCUT2D eigenvalue weighted by Crippen LogP contribution is 2.13. The SMILES string of the molecule is CCO/C(=C\c1ccc(O)cc1)C(=O)OC. The van der Waals surface area contributed by atoms with Gasteiger partial charge in [-0.15, -0.1) is 0 Å². The van der Waals surface area contributed by atoms with Crippen LogP contribution in [0.2, 0.25) is 0 Å². The molecule has 0 radical (unpaired) electrons. The van der Waals surface area contributed by atoms with Gasteiger partial charge in [0, 0.05) is 0 Å². The summed E-state index contributed by atoms with van der Waals surface area (Å²) >= 11 is 0. The molecule has 1 N–H and O–H groups in total. The lowest BCUT2D eigenvalue weighted by Crippen LogP contribution is -2.07. The zero-order valence-electron chi connectivity index (χ0n) is 9.27. The summed E-state index contributed by atoms with van der Waals surface area (Å²) in [6.45, 7) is 2.17. The quantitative estimate of drug-likeness (QED) is 0.480. The fourth-order valence-corrected chi connectivity index (χ4v) is 1.14. The fourth-order valence-electron chi connectivity index (χ4n) is 1.14. The van der Waals surface area contributed by atoms with Crippen LogP contribution in [0.4, 0.5) is 0 Å². The minimum atomic E-state index is -0.519. The van der Waals surface area contributed by atoms with E-state index in [2.05, 4.69) is 4.74 Å². The van der Waals surface area contributed by atoms with Crippen LogP contribution < -0.4 is 0 Å². The van der Waals surface area contributed by atoms with Crippen LogP contribution in [0.15, 0.2) is 30.0 Å². The lowest BCUT2D eigenvalue weighted by molar-refractivity contribution is -0.139. The van der Waals surface area contributed by atoms with E-state index >= 15 is 0 Å². The van der Waals surface area contributed by atoms with Crippen LogP contribution in [0.1, 0.15) is 12.5 Å². The number of carbonyl (C=O) groups is 1. The molecule has 0 saturated carbocycles. The van der Waals surface area contributed by atoms with Gasteiger partial charge in [0.25, 0.3) is 0 Å². The highest BCUT2D eigenvalue weighted by Gasteiger charge is 2.10. The number of carbonyl (C=O) groups excluding carboxylic acids is 1. The number of ether oxygens (including phenoxy) is 2. The molecule has 0 bridgehead atoms. The van der Waals surface area contributed by atoms with Crippen molar-refractivity contribution in [1.82, 2.24) is 0 Å². The van der Waals surface area contributed by atoms with Crippen LogP contribution in [-0.2, 0) is 14.3 Å². The van der Waals surface area contributed by atoms with Crippen LogP contribution in [0.3, 0.4) is 0 Å². The predicted molar refractivity (Wildman–Crippen MR) is 59.7 cm³/mol. The van der Waals surface area contributed by atoms with Crippen molar-refractivity contribution in [2.45, 2.75) is 6.92 Å². The summed E-state index contributed by atoms with van der Waals surface area (Å²) in [5.41, 5.74) is 0.756. The summed E-state index contributed by atoms with van der Waals surface area (Å²) in [5.74, 6) is -0.196. The van der Waals surface area contributed by atoms with Crippen molar-refractivity contribution >= 4 is 12.0 Å². The second-order valence-electron chi connectivity index (χ2n) is 3.02. The van der Waals surface area contributed by atoms with Crippen LogP contribution in [0.5, 0.6) is 5.75 Å². The monoisotopic (exact) mass is 222 g/mol. The minimum Gasteiger partial charge on any atom is -0.508 e. The summed E-state index contributed by atoms with van der Waals surface area (Å²) in [7, 11) is 1.30. The Morgan fingerprint density at radius 2 is 2.00 bits per heavy atom. The van der Waals surface area contributed by atoms with E-state index in [9.17, 15) is 4.79 Å². The van der Waals surface area contributed by atoms with Crippen LogP contribution in [0.25, 0.3) is 6.08 Å². The molecule has 0 amide bonds. The van der Waals surface area contributed by atoms with E-state index in [4.69, 9.17) is 9.84 Å². The first-order valence-corrected chi connectivity index (χ1v) is 4.89. The van der Waals surface area contributed by atoms with Crippen LogP contribution >= 0.6 is 0 Å².